The molecule has 0 fully saturated rings. The first-order chi connectivity index (χ1) is 15.4. The van der Waals surface area contributed by atoms with E-state index in [1.165, 1.54) is 28.0 Å². The van der Waals surface area contributed by atoms with Crippen molar-refractivity contribution in [2.24, 2.45) is 4.99 Å². The Bertz CT molecular complexity index is 1400. The van der Waals surface area contributed by atoms with E-state index in [2.05, 4.69) is 4.99 Å². The molecule has 2 aromatic carbocycles. The predicted molar refractivity (Wildman–Crippen MR) is 120 cm³/mol. The molecule has 0 amide bonds. The zero-order chi connectivity index (χ0) is 22.8. The summed E-state index contributed by atoms with van der Waals surface area (Å²) in [7, 11) is 1.55. The van der Waals surface area contributed by atoms with Crippen LogP contribution in [0.5, 0.6) is 5.75 Å². The summed E-state index contributed by atoms with van der Waals surface area (Å²) in [4.78, 5) is 31.3. The van der Waals surface area contributed by atoms with Gasteiger partial charge < -0.3 is 9.47 Å². The van der Waals surface area contributed by atoms with Gasteiger partial charge in [0.25, 0.3) is 5.56 Å². The standard InChI is InChI=1S/C24H21FN2O4S/c1-4-31-23(29)20-14(2)26-24-27(21(20)16-8-6-10-18(13-16)30-3)22(28)19(32-24)12-15-7-5-9-17(25)11-15/h5-13,21H,4H2,1-3H3/t21-/m0/s1. The molecular formula is C24H21FN2O4S. The molecule has 32 heavy (non-hydrogen) atoms. The second kappa shape index (κ2) is 8.92. The maximum atomic E-state index is 13.6. The van der Waals surface area contributed by atoms with E-state index >= 15 is 0 Å². The highest BCUT2D eigenvalue weighted by molar-refractivity contribution is 7.07. The molecule has 0 N–H and O–H groups in total. The van der Waals surface area contributed by atoms with Crippen molar-refractivity contribution in [3.63, 3.8) is 0 Å². The summed E-state index contributed by atoms with van der Waals surface area (Å²) in [5.74, 6) is -0.315. The van der Waals surface area contributed by atoms with Gasteiger partial charge in [-0.15, -0.1) is 0 Å². The third kappa shape index (κ3) is 4.01. The van der Waals surface area contributed by atoms with Gasteiger partial charge in [-0.1, -0.05) is 35.6 Å². The minimum atomic E-state index is -0.727. The molecule has 0 saturated carbocycles. The number of hydrogen-bond donors (Lipinski definition) is 0. The fraction of sp³-hybridized carbons (Fsp3) is 0.208. The van der Waals surface area contributed by atoms with Crippen LogP contribution in [0.1, 0.15) is 31.0 Å². The predicted octanol–water partition coefficient (Wildman–Crippen LogP) is 2.95. The highest BCUT2D eigenvalue weighted by Gasteiger charge is 2.33. The number of carbonyl (C=O) groups is 1. The maximum absolute atomic E-state index is 13.6. The van der Waals surface area contributed by atoms with E-state index in [4.69, 9.17) is 9.47 Å². The van der Waals surface area contributed by atoms with E-state index in [0.717, 1.165) is 0 Å². The van der Waals surface area contributed by atoms with Crippen molar-refractivity contribution in [1.82, 2.24) is 4.57 Å². The van der Waals surface area contributed by atoms with Crippen LogP contribution in [0.3, 0.4) is 0 Å². The van der Waals surface area contributed by atoms with Gasteiger partial charge >= 0.3 is 5.97 Å². The number of aromatic nitrogens is 1. The lowest BCUT2D eigenvalue weighted by atomic mass is 9.95. The quantitative estimate of drug-likeness (QED) is 0.558. The molecule has 0 aliphatic carbocycles. The zero-order valence-electron chi connectivity index (χ0n) is 17.8. The van der Waals surface area contributed by atoms with Gasteiger partial charge in [0.1, 0.15) is 11.6 Å². The first-order valence-electron chi connectivity index (χ1n) is 10.0. The molecule has 164 valence electrons. The Kier molecular flexibility index (Phi) is 6.05. The van der Waals surface area contributed by atoms with Crippen LogP contribution in [0.2, 0.25) is 0 Å². The summed E-state index contributed by atoms with van der Waals surface area (Å²) in [6, 6.07) is 12.5. The maximum Gasteiger partial charge on any atom is 0.338 e. The summed E-state index contributed by atoms with van der Waals surface area (Å²) in [6.07, 6.45) is 1.62. The number of thiazole rings is 1. The summed E-state index contributed by atoms with van der Waals surface area (Å²) < 4.78 is 26.1. The van der Waals surface area contributed by atoms with Crippen LogP contribution < -0.4 is 19.6 Å². The Morgan fingerprint density at radius 3 is 2.75 bits per heavy atom. The minimum Gasteiger partial charge on any atom is -0.497 e. The summed E-state index contributed by atoms with van der Waals surface area (Å²) >= 11 is 1.19. The number of methoxy groups -OCH3 is 1. The van der Waals surface area contributed by atoms with Crippen LogP contribution >= 0.6 is 11.3 Å². The van der Waals surface area contributed by atoms with Crippen LogP contribution in [-0.4, -0.2) is 24.3 Å². The molecule has 1 aliphatic heterocycles. The molecule has 6 nitrogen and oxygen atoms in total. The molecule has 4 rings (SSSR count). The van der Waals surface area contributed by atoms with Crippen molar-refractivity contribution in [3.8, 4) is 5.75 Å². The fourth-order valence-electron chi connectivity index (χ4n) is 3.67. The summed E-state index contributed by atoms with van der Waals surface area (Å²) in [5.41, 5.74) is 1.72. The Balaban J connectivity index is 1.97. The molecule has 1 atom stereocenters. The van der Waals surface area contributed by atoms with Crippen molar-refractivity contribution in [1.29, 1.82) is 0 Å². The van der Waals surface area contributed by atoms with E-state index < -0.39 is 12.0 Å². The van der Waals surface area contributed by atoms with E-state index in [0.29, 0.717) is 37.5 Å². The molecule has 1 aliphatic rings. The van der Waals surface area contributed by atoms with Gasteiger partial charge in [0.15, 0.2) is 4.80 Å². The lowest BCUT2D eigenvalue weighted by molar-refractivity contribution is -0.139. The van der Waals surface area contributed by atoms with Gasteiger partial charge in [-0.25, -0.2) is 14.2 Å². The normalized spacial score (nSPS) is 15.9. The van der Waals surface area contributed by atoms with Crippen molar-refractivity contribution >= 4 is 23.4 Å². The molecule has 0 spiro atoms. The molecular weight excluding hydrogens is 431 g/mol. The lowest BCUT2D eigenvalue weighted by Crippen LogP contribution is -2.39. The SMILES string of the molecule is CCOC(=O)C1=C(C)N=c2sc(=Cc3cccc(F)c3)c(=O)n2[C@H]1c1cccc(OC)c1. The number of benzene rings is 2. The van der Waals surface area contributed by atoms with Crippen molar-refractivity contribution in [2.75, 3.05) is 13.7 Å². The van der Waals surface area contributed by atoms with Gasteiger partial charge in [-0.2, -0.15) is 0 Å². The topological polar surface area (TPSA) is 69.9 Å². The highest BCUT2D eigenvalue weighted by Crippen LogP contribution is 2.32. The van der Waals surface area contributed by atoms with E-state index in [-0.39, 0.29) is 18.0 Å². The van der Waals surface area contributed by atoms with Crippen molar-refractivity contribution in [2.45, 2.75) is 19.9 Å². The van der Waals surface area contributed by atoms with E-state index in [1.807, 2.05) is 6.07 Å². The molecule has 0 radical (unpaired) electrons. The number of esters is 1. The fourth-order valence-corrected chi connectivity index (χ4v) is 4.71. The average Bonchev–Trinajstić information content (AvgIpc) is 3.07. The molecule has 0 unspecified atom stereocenters. The Morgan fingerprint density at radius 1 is 1.25 bits per heavy atom. The zero-order valence-corrected chi connectivity index (χ0v) is 18.6. The number of halogens is 1. The first kappa shape index (κ1) is 21.7. The average molecular weight is 453 g/mol. The molecule has 8 heteroatoms. The van der Waals surface area contributed by atoms with Crippen molar-refractivity contribution in [3.05, 3.63) is 96.4 Å². The van der Waals surface area contributed by atoms with Crippen molar-refractivity contribution < 1.29 is 18.7 Å². The van der Waals surface area contributed by atoms with Gasteiger partial charge in [0.2, 0.25) is 0 Å². The Labute approximate surface area is 187 Å². The third-order valence-corrected chi connectivity index (χ3v) is 6.06. The number of ether oxygens (including phenoxy) is 2. The monoisotopic (exact) mass is 452 g/mol. The first-order valence-corrected chi connectivity index (χ1v) is 10.8. The second-order valence-corrected chi connectivity index (χ2v) is 8.14. The van der Waals surface area contributed by atoms with Gasteiger partial charge in [0, 0.05) is 0 Å². The number of rotatable bonds is 5. The molecule has 0 saturated heterocycles. The lowest BCUT2D eigenvalue weighted by Gasteiger charge is -2.25. The van der Waals surface area contributed by atoms with Gasteiger partial charge in [-0.05, 0) is 55.3 Å². The number of carbonyl (C=O) groups excluding carboxylic acids is 1. The molecule has 3 aromatic rings. The van der Waals surface area contributed by atoms with Crippen LogP contribution in [0.25, 0.3) is 6.08 Å². The number of fused-ring (bicyclic) bond motifs is 1. The number of nitrogens with zero attached hydrogens (tertiary/aromatic N) is 2. The molecule has 0 bridgehead atoms. The third-order valence-electron chi connectivity index (χ3n) is 5.07. The summed E-state index contributed by atoms with van der Waals surface area (Å²) in [6.45, 7) is 3.65. The summed E-state index contributed by atoms with van der Waals surface area (Å²) in [5, 5.41) is 0. The van der Waals surface area contributed by atoms with Crippen LogP contribution in [-0.2, 0) is 9.53 Å². The number of allylic oxidation sites excluding steroid dienone is 1. The van der Waals surface area contributed by atoms with Crippen LogP contribution in [0, 0.1) is 5.82 Å². The van der Waals surface area contributed by atoms with Gasteiger partial charge in [0.05, 0.1) is 35.6 Å². The van der Waals surface area contributed by atoms with Crippen LogP contribution in [0.15, 0.2) is 69.6 Å². The number of hydrogen-bond acceptors (Lipinski definition) is 6. The van der Waals surface area contributed by atoms with Crippen LogP contribution in [0.4, 0.5) is 4.39 Å². The Hall–Kier alpha value is -3.52. The molecule has 1 aromatic heterocycles. The highest BCUT2D eigenvalue weighted by atomic mass is 32.1. The largest absolute Gasteiger partial charge is 0.497 e. The Morgan fingerprint density at radius 2 is 2.03 bits per heavy atom. The second-order valence-electron chi connectivity index (χ2n) is 7.13. The molecule has 2 heterocycles. The smallest absolute Gasteiger partial charge is 0.338 e. The van der Waals surface area contributed by atoms with E-state index in [9.17, 15) is 14.0 Å². The minimum absolute atomic E-state index is 0.199. The van der Waals surface area contributed by atoms with E-state index in [1.54, 1.807) is 57.4 Å². The van der Waals surface area contributed by atoms with Gasteiger partial charge in [-0.3, -0.25) is 9.36 Å².